The van der Waals surface area contributed by atoms with E-state index in [1.165, 1.54) is 0 Å². The number of aromatic nitrogens is 1. The van der Waals surface area contributed by atoms with Gasteiger partial charge in [0.15, 0.2) is 0 Å². The minimum absolute atomic E-state index is 0.321. The van der Waals surface area contributed by atoms with Crippen LogP contribution in [-0.4, -0.2) is 24.2 Å². The standard InChI is InChI=1S/C14H15N2O/c1-2-11-10-13(3-4-14(11)16-7-1)17-12-5-8-15-9-6-12/h1-4,7,10,12H,5-6,8-9H2. The molecule has 3 rings (SSSR count). The number of rotatable bonds is 2. The summed E-state index contributed by atoms with van der Waals surface area (Å²) in [6, 6.07) is 10.1. The smallest absolute Gasteiger partial charge is 0.120 e. The summed E-state index contributed by atoms with van der Waals surface area (Å²) >= 11 is 0. The Labute approximate surface area is 101 Å². The van der Waals surface area contributed by atoms with Crippen molar-refractivity contribution in [3.05, 3.63) is 36.5 Å². The highest BCUT2D eigenvalue weighted by Gasteiger charge is 2.15. The van der Waals surface area contributed by atoms with Crippen molar-refractivity contribution in [2.24, 2.45) is 0 Å². The van der Waals surface area contributed by atoms with Gasteiger partial charge in [-0.2, -0.15) is 0 Å². The van der Waals surface area contributed by atoms with Crippen molar-refractivity contribution in [2.45, 2.75) is 18.9 Å². The van der Waals surface area contributed by atoms with E-state index in [1.54, 1.807) is 0 Å². The molecule has 0 amide bonds. The molecule has 2 heterocycles. The molecule has 1 aliphatic heterocycles. The van der Waals surface area contributed by atoms with Crippen LogP contribution < -0.4 is 10.1 Å². The Balaban J connectivity index is 1.80. The van der Waals surface area contributed by atoms with Gasteiger partial charge in [-0.1, -0.05) is 6.07 Å². The van der Waals surface area contributed by atoms with E-state index in [0.717, 1.165) is 42.6 Å². The van der Waals surface area contributed by atoms with Gasteiger partial charge in [0.05, 0.1) is 5.52 Å². The highest BCUT2D eigenvalue weighted by molar-refractivity contribution is 5.79. The van der Waals surface area contributed by atoms with E-state index in [2.05, 4.69) is 22.4 Å². The predicted molar refractivity (Wildman–Crippen MR) is 67.3 cm³/mol. The molecule has 17 heavy (non-hydrogen) atoms. The third kappa shape index (κ3) is 2.39. The van der Waals surface area contributed by atoms with Crippen molar-refractivity contribution in [1.82, 2.24) is 10.3 Å². The maximum absolute atomic E-state index is 5.98. The van der Waals surface area contributed by atoms with Gasteiger partial charge in [-0.05, 0) is 37.1 Å². The lowest BCUT2D eigenvalue weighted by Crippen LogP contribution is -2.30. The molecule has 1 aromatic carbocycles. The van der Waals surface area contributed by atoms with Crippen molar-refractivity contribution in [3.8, 4) is 5.75 Å². The van der Waals surface area contributed by atoms with Crippen LogP contribution in [0, 0.1) is 0 Å². The summed E-state index contributed by atoms with van der Waals surface area (Å²) in [5, 5.41) is 5.46. The Bertz CT molecular complexity index is 506. The van der Waals surface area contributed by atoms with Crippen LogP contribution in [0.15, 0.2) is 36.5 Å². The van der Waals surface area contributed by atoms with Gasteiger partial charge in [0.1, 0.15) is 11.9 Å². The molecule has 87 valence electrons. The van der Waals surface area contributed by atoms with Gasteiger partial charge < -0.3 is 4.74 Å². The lowest BCUT2D eigenvalue weighted by atomic mass is 10.1. The normalized spacial score (nSPS) is 17.2. The minimum atomic E-state index is 0.321. The molecule has 2 aromatic rings. The molecule has 0 unspecified atom stereocenters. The van der Waals surface area contributed by atoms with E-state index in [1.807, 2.05) is 24.4 Å². The summed E-state index contributed by atoms with van der Waals surface area (Å²) < 4.78 is 5.98. The second-order valence-corrected chi connectivity index (χ2v) is 4.35. The molecule has 1 saturated heterocycles. The average molecular weight is 227 g/mol. The lowest BCUT2D eigenvalue weighted by Gasteiger charge is -2.22. The van der Waals surface area contributed by atoms with Crippen LogP contribution in [-0.2, 0) is 0 Å². The highest BCUT2D eigenvalue weighted by Crippen LogP contribution is 2.21. The molecule has 0 spiro atoms. The fourth-order valence-electron chi connectivity index (χ4n) is 2.16. The molecule has 1 radical (unpaired) electrons. The zero-order valence-corrected chi connectivity index (χ0v) is 9.67. The quantitative estimate of drug-likeness (QED) is 0.789. The van der Waals surface area contributed by atoms with Gasteiger partial charge in [-0.15, -0.1) is 0 Å². The van der Waals surface area contributed by atoms with Gasteiger partial charge in [-0.25, -0.2) is 5.32 Å². The summed E-state index contributed by atoms with van der Waals surface area (Å²) in [4.78, 5) is 4.30. The van der Waals surface area contributed by atoms with Crippen LogP contribution in [0.25, 0.3) is 10.9 Å². The van der Waals surface area contributed by atoms with E-state index in [9.17, 15) is 0 Å². The average Bonchev–Trinajstić information content (AvgIpc) is 2.40. The lowest BCUT2D eigenvalue weighted by molar-refractivity contribution is 0.161. The van der Waals surface area contributed by atoms with Crippen LogP contribution in [0.5, 0.6) is 5.75 Å². The highest BCUT2D eigenvalue weighted by atomic mass is 16.5. The molecule has 3 heteroatoms. The van der Waals surface area contributed by atoms with Gasteiger partial charge in [0.25, 0.3) is 0 Å². The van der Waals surface area contributed by atoms with Crippen LogP contribution >= 0.6 is 0 Å². The third-order valence-electron chi connectivity index (χ3n) is 3.10. The first-order valence-electron chi connectivity index (χ1n) is 6.06. The summed E-state index contributed by atoms with van der Waals surface area (Å²) in [6.45, 7) is 1.86. The molecular weight excluding hydrogens is 212 g/mol. The zero-order chi connectivity index (χ0) is 11.5. The number of benzene rings is 1. The first-order chi connectivity index (χ1) is 8.42. The first-order valence-corrected chi connectivity index (χ1v) is 6.06. The van der Waals surface area contributed by atoms with Crippen molar-refractivity contribution < 1.29 is 4.74 Å². The van der Waals surface area contributed by atoms with Crippen molar-refractivity contribution in [1.29, 1.82) is 0 Å². The molecular formula is C14H15N2O. The minimum Gasteiger partial charge on any atom is -0.490 e. The largest absolute Gasteiger partial charge is 0.490 e. The number of hydrogen-bond acceptors (Lipinski definition) is 2. The summed E-state index contributed by atoms with van der Waals surface area (Å²) in [6.07, 6.45) is 4.20. The topological polar surface area (TPSA) is 36.2 Å². The van der Waals surface area contributed by atoms with Crippen LogP contribution in [0.2, 0.25) is 0 Å². The second kappa shape index (κ2) is 4.72. The number of hydrogen-bond donors (Lipinski definition) is 0. The second-order valence-electron chi connectivity index (χ2n) is 4.35. The predicted octanol–water partition coefficient (Wildman–Crippen LogP) is 2.38. The first kappa shape index (κ1) is 10.5. The molecule has 0 bridgehead atoms. The van der Waals surface area contributed by atoms with Gasteiger partial charge in [0.2, 0.25) is 0 Å². The fraction of sp³-hybridized carbons (Fsp3) is 0.357. The Morgan fingerprint density at radius 3 is 2.88 bits per heavy atom. The molecule has 0 atom stereocenters. The zero-order valence-electron chi connectivity index (χ0n) is 9.67. The van der Waals surface area contributed by atoms with E-state index in [0.29, 0.717) is 6.10 Å². The number of piperidine rings is 1. The van der Waals surface area contributed by atoms with Gasteiger partial charge in [0, 0.05) is 24.7 Å². The van der Waals surface area contributed by atoms with Crippen molar-refractivity contribution in [3.63, 3.8) is 0 Å². The van der Waals surface area contributed by atoms with E-state index in [4.69, 9.17) is 4.74 Å². The molecule has 3 nitrogen and oxygen atoms in total. The van der Waals surface area contributed by atoms with Crippen molar-refractivity contribution in [2.75, 3.05) is 13.1 Å². The Hall–Kier alpha value is -1.61. The molecule has 1 aromatic heterocycles. The summed E-state index contributed by atoms with van der Waals surface area (Å²) in [7, 11) is 0. The summed E-state index contributed by atoms with van der Waals surface area (Å²) in [5.74, 6) is 0.942. The maximum atomic E-state index is 5.98. The van der Waals surface area contributed by atoms with Gasteiger partial charge >= 0.3 is 0 Å². The van der Waals surface area contributed by atoms with Crippen LogP contribution in [0.3, 0.4) is 0 Å². The SMILES string of the molecule is c1cnc2ccc(OC3CC[N]CC3)cc2c1. The fourth-order valence-corrected chi connectivity index (χ4v) is 2.16. The van der Waals surface area contributed by atoms with E-state index >= 15 is 0 Å². The number of ether oxygens (including phenoxy) is 1. The maximum Gasteiger partial charge on any atom is 0.120 e. The monoisotopic (exact) mass is 227 g/mol. The molecule has 0 saturated carbocycles. The van der Waals surface area contributed by atoms with E-state index < -0.39 is 0 Å². The Morgan fingerprint density at radius 2 is 2.00 bits per heavy atom. The van der Waals surface area contributed by atoms with Crippen LogP contribution in [0.1, 0.15) is 12.8 Å². The number of nitrogens with zero attached hydrogens (tertiary/aromatic N) is 2. The molecule has 1 fully saturated rings. The number of fused-ring (bicyclic) bond motifs is 1. The summed E-state index contributed by atoms with van der Waals surface area (Å²) in [5.41, 5.74) is 1.01. The van der Waals surface area contributed by atoms with Gasteiger partial charge in [-0.3, -0.25) is 4.98 Å². The van der Waals surface area contributed by atoms with Crippen molar-refractivity contribution >= 4 is 10.9 Å². The van der Waals surface area contributed by atoms with E-state index in [-0.39, 0.29) is 0 Å². The molecule has 0 aliphatic carbocycles. The Morgan fingerprint density at radius 1 is 1.12 bits per heavy atom. The molecule has 1 aliphatic rings. The van der Waals surface area contributed by atoms with Crippen LogP contribution in [0.4, 0.5) is 0 Å². The Kier molecular flexibility index (Phi) is 2.92. The number of pyridine rings is 1. The third-order valence-corrected chi connectivity index (χ3v) is 3.10. The molecule has 0 N–H and O–H groups in total.